The van der Waals surface area contributed by atoms with Crippen LogP contribution in [-0.4, -0.2) is 28.1 Å². The largest absolute Gasteiger partial charge is 0.312 e. The summed E-state index contributed by atoms with van der Waals surface area (Å²) in [6.45, 7) is 2.01. The summed E-state index contributed by atoms with van der Waals surface area (Å²) >= 11 is 0. The molecule has 0 fully saturated rings. The fourth-order valence-corrected chi connectivity index (χ4v) is 1.42. The van der Waals surface area contributed by atoms with Gasteiger partial charge in [0.15, 0.2) is 0 Å². The summed E-state index contributed by atoms with van der Waals surface area (Å²) in [6, 6.07) is 0. The molecule has 0 aliphatic carbocycles. The average molecular weight is 164 g/mol. The van der Waals surface area contributed by atoms with Crippen LogP contribution in [0, 0.1) is 0 Å². The minimum absolute atomic E-state index is 0.932. The molecule has 0 atom stereocenters. The first-order chi connectivity index (χ1) is 5.88. The predicted molar refractivity (Wildman–Crippen MR) is 46.5 cm³/mol. The predicted octanol–water partition coefficient (Wildman–Crippen LogP) is 0.192. The van der Waals surface area contributed by atoms with Crippen LogP contribution >= 0.6 is 0 Å². The molecular weight excluding hydrogens is 152 g/mol. The van der Waals surface area contributed by atoms with Crippen molar-refractivity contribution in [2.24, 2.45) is 7.05 Å². The van der Waals surface area contributed by atoms with Gasteiger partial charge in [-0.25, -0.2) is 4.68 Å². The maximum atomic E-state index is 3.89. The van der Waals surface area contributed by atoms with Crippen molar-refractivity contribution < 1.29 is 0 Å². The molecule has 2 rings (SSSR count). The van der Waals surface area contributed by atoms with Crippen LogP contribution in [-0.2, 0) is 7.05 Å². The molecule has 1 aromatic rings. The standard InChI is InChI=1S/C8H12N4/c1-12-8(6-10-11-12)7-3-2-4-9-5-7/h3,6,9H,2,4-5H2,1H3. The Bertz CT molecular complexity index is 300. The molecule has 0 bridgehead atoms. The van der Waals surface area contributed by atoms with Gasteiger partial charge >= 0.3 is 0 Å². The smallest absolute Gasteiger partial charge is 0.0851 e. The summed E-state index contributed by atoms with van der Waals surface area (Å²) in [4.78, 5) is 0. The number of hydrogen-bond acceptors (Lipinski definition) is 3. The van der Waals surface area contributed by atoms with Gasteiger partial charge in [0.2, 0.25) is 0 Å². The van der Waals surface area contributed by atoms with E-state index in [1.54, 1.807) is 10.9 Å². The number of aromatic nitrogens is 3. The van der Waals surface area contributed by atoms with E-state index in [-0.39, 0.29) is 0 Å². The summed E-state index contributed by atoms with van der Waals surface area (Å²) < 4.78 is 1.80. The Kier molecular flexibility index (Phi) is 1.91. The minimum atomic E-state index is 0.932. The highest BCUT2D eigenvalue weighted by molar-refractivity contribution is 5.64. The van der Waals surface area contributed by atoms with Gasteiger partial charge in [-0.3, -0.25) is 0 Å². The molecule has 1 aromatic heterocycles. The van der Waals surface area contributed by atoms with Gasteiger partial charge in [0, 0.05) is 13.6 Å². The first-order valence-corrected chi connectivity index (χ1v) is 4.13. The second-order valence-electron chi connectivity index (χ2n) is 2.94. The summed E-state index contributed by atoms with van der Waals surface area (Å²) in [5.74, 6) is 0. The number of nitrogens with zero attached hydrogens (tertiary/aromatic N) is 3. The van der Waals surface area contributed by atoms with Gasteiger partial charge in [-0.2, -0.15) is 0 Å². The molecule has 0 aromatic carbocycles. The summed E-state index contributed by atoms with van der Waals surface area (Å²) in [5, 5.41) is 11.0. The minimum Gasteiger partial charge on any atom is -0.312 e. The molecule has 12 heavy (non-hydrogen) atoms. The van der Waals surface area contributed by atoms with Gasteiger partial charge < -0.3 is 5.32 Å². The maximum Gasteiger partial charge on any atom is 0.0851 e. The van der Waals surface area contributed by atoms with E-state index >= 15 is 0 Å². The SMILES string of the molecule is Cn1nncc1C1=CCCNC1. The molecule has 1 aliphatic rings. The highest BCUT2D eigenvalue weighted by atomic mass is 15.4. The third-order valence-electron chi connectivity index (χ3n) is 2.07. The summed E-state index contributed by atoms with van der Waals surface area (Å²) in [6.07, 6.45) is 5.15. The first-order valence-electron chi connectivity index (χ1n) is 4.13. The number of hydrogen-bond donors (Lipinski definition) is 1. The third kappa shape index (κ3) is 1.25. The Hall–Kier alpha value is -1.16. The molecule has 2 heterocycles. The topological polar surface area (TPSA) is 42.7 Å². The Labute approximate surface area is 71.3 Å². The number of rotatable bonds is 1. The fraction of sp³-hybridized carbons (Fsp3) is 0.500. The maximum absolute atomic E-state index is 3.89. The van der Waals surface area contributed by atoms with Crippen molar-refractivity contribution >= 4 is 5.57 Å². The molecule has 0 radical (unpaired) electrons. The van der Waals surface area contributed by atoms with Crippen molar-refractivity contribution in [1.82, 2.24) is 20.3 Å². The monoisotopic (exact) mass is 164 g/mol. The Morgan fingerprint density at radius 2 is 2.50 bits per heavy atom. The molecule has 4 heteroatoms. The van der Waals surface area contributed by atoms with E-state index < -0.39 is 0 Å². The van der Waals surface area contributed by atoms with E-state index in [9.17, 15) is 0 Å². The van der Waals surface area contributed by atoms with E-state index in [1.165, 1.54) is 5.57 Å². The third-order valence-corrected chi connectivity index (χ3v) is 2.07. The molecule has 4 nitrogen and oxygen atoms in total. The molecule has 0 spiro atoms. The van der Waals surface area contributed by atoms with Crippen molar-refractivity contribution in [2.45, 2.75) is 6.42 Å². The van der Waals surface area contributed by atoms with Gasteiger partial charge in [0.25, 0.3) is 0 Å². The number of nitrogens with one attached hydrogen (secondary N) is 1. The zero-order valence-electron chi connectivity index (χ0n) is 7.12. The normalized spacial score (nSPS) is 17.6. The fourth-order valence-electron chi connectivity index (χ4n) is 1.42. The van der Waals surface area contributed by atoms with Crippen molar-refractivity contribution in [1.29, 1.82) is 0 Å². The van der Waals surface area contributed by atoms with E-state index in [0.29, 0.717) is 0 Å². The van der Waals surface area contributed by atoms with Gasteiger partial charge in [0.1, 0.15) is 0 Å². The lowest BCUT2D eigenvalue weighted by molar-refractivity contribution is 0.691. The quantitative estimate of drug-likeness (QED) is 0.644. The van der Waals surface area contributed by atoms with Gasteiger partial charge in [-0.1, -0.05) is 11.3 Å². The van der Waals surface area contributed by atoms with Crippen LogP contribution in [0.15, 0.2) is 12.3 Å². The van der Waals surface area contributed by atoms with Crippen molar-refractivity contribution in [3.05, 3.63) is 18.0 Å². The van der Waals surface area contributed by atoms with Crippen molar-refractivity contribution in [2.75, 3.05) is 13.1 Å². The van der Waals surface area contributed by atoms with Crippen LogP contribution in [0.5, 0.6) is 0 Å². The van der Waals surface area contributed by atoms with Crippen LogP contribution < -0.4 is 5.32 Å². The lowest BCUT2D eigenvalue weighted by Gasteiger charge is -2.13. The Morgan fingerprint density at radius 1 is 1.58 bits per heavy atom. The molecule has 1 N–H and O–H groups in total. The molecule has 0 amide bonds. The van der Waals surface area contributed by atoms with Gasteiger partial charge in [0.05, 0.1) is 11.9 Å². The second kappa shape index (κ2) is 3.06. The van der Waals surface area contributed by atoms with Gasteiger partial charge in [-0.05, 0) is 18.5 Å². The Morgan fingerprint density at radius 3 is 3.08 bits per heavy atom. The lowest BCUT2D eigenvalue weighted by Crippen LogP contribution is -2.22. The van der Waals surface area contributed by atoms with E-state index in [1.807, 2.05) is 7.05 Å². The molecule has 0 unspecified atom stereocenters. The van der Waals surface area contributed by atoms with Crippen LogP contribution in [0.4, 0.5) is 0 Å². The zero-order valence-corrected chi connectivity index (χ0v) is 7.12. The van der Waals surface area contributed by atoms with Crippen LogP contribution in [0.3, 0.4) is 0 Å². The van der Waals surface area contributed by atoms with Crippen molar-refractivity contribution in [3.63, 3.8) is 0 Å². The number of aryl methyl sites for hydroxylation is 1. The molecule has 64 valence electrons. The Balaban J connectivity index is 2.29. The van der Waals surface area contributed by atoms with E-state index in [2.05, 4.69) is 21.7 Å². The summed E-state index contributed by atoms with van der Waals surface area (Å²) in [7, 11) is 1.91. The van der Waals surface area contributed by atoms with Crippen LogP contribution in [0.25, 0.3) is 5.57 Å². The lowest BCUT2D eigenvalue weighted by atomic mass is 10.1. The first kappa shape index (κ1) is 7.49. The summed E-state index contributed by atoms with van der Waals surface area (Å²) in [5.41, 5.74) is 2.41. The zero-order chi connectivity index (χ0) is 8.39. The van der Waals surface area contributed by atoms with Crippen molar-refractivity contribution in [3.8, 4) is 0 Å². The van der Waals surface area contributed by atoms with E-state index in [4.69, 9.17) is 0 Å². The van der Waals surface area contributed by atoms with Crippen LogP contribution in [0.2, 0.25) is 0 Å². The van der Waals surface area contributed by atoms with E-state index in [0.717, 1.165) is 25.2 Å². The highest BCUT2D eigenvalue weighted by Gasteiger charge is 2.08. The molecular formula is C8H12N4. The highest BCUT2D eigenvalue weighted by Crippen LogP contribution is 2.13. The van der Waals surface area contributed by atoms with Gasteiger partial charge in [-0.15, -0.1) is 5.10 Å². The average Bonchev–Trinajstić information content (AvgIpc) is 2.53. The molecule has 0 saturated carbocycles. The molecule has 0 saturated heterocycles. The van der Waals surface area contributed by atoms with Crippen LogP contribution in [0.1, 0.15) is 12.1 Å². The molecule has 1 aliphatic heterocycles. The second-order valence-corrected chi connectivity index (χ2v) is 2.94.